The Morgan fingerprint density at radius 1 is 1.17 bits per heavy atom. The Balaban J connectivity index is 1.61. The second-order valence-electron chi connectivity index (χ2n) is 6.37. The maximum atomic E-state index is 6.09. The summed E-state index contributed by atoms with van der Waals surface area (Å²) in [6, 6.07) is 8.00. The molecule has 1 aliphatic heterocycles. The standard InChI is InChI=1S/C17H23ClN6/c1-13(2)11-19-17-21-16(12-20-22-17)24-8-6-23(7-9-24)15-5-3-4-14(18)10-15/h3-5,10,12-13H,6-9,11H2,1-2H3,(H,19,21,22). The molecule has 1 N–H and O–H groups in total. The molecule has 7 heteroatoms. The molecule has 1 saturated heterocycles. The molecule has 0 aliphatic carbocycles. The first-order valence-electron chi connectivity index (χ1n) is 8.31. The van der Waals surface area contributed by atoms with Gasteiger partial charge in [-0.15, -0.1) is 5.10 Å². The van der Waals surface area contributed by atoms with E-state index in [1.54, 1.807) is 6.20 Å². The Hall–Kier alpha value is -2.08. The zero-order valence-corrected chi connectivity index (χ0v) is 14.9. The fourth-order valence-electron chi connectivity index (χ4n) is 2.68. The number of hydrogen-bond acceptors (Lipinski definition) is 6. The molecule has 128 valence electrons. The van der Waals surface area contributed by atoms with Crippen molar-refractivity contribution in [2.24, 2.45) is 5.92 Å². The van der Waals surface area contributed by atoms with Crippen LogP contribution in [0.4, 0.5) is 17.5 Å². The lowest BCUT2D eigenvalue weighted by Gasteiger charge is -2.36. The Kier molecular flexibility index (Phi) is 5.35. The number of hydrogen-bond donors (Lipinski definition) is 1. The minimum absolute atomic E-state index is 0.540. The van der Waals surface area contributed by atoms with Gasteiger partial charge in [0.05, 0.1) is 6.20 Å². The van der Waals surface area contributed by atoms with E-state index in [0.717, 1.165) is 43.6 Å². The summed E-state index contributed by atoms with van der Waals surface area (Å²) < 4.78 is 0. The summed E-state index contributed by atoms with van der Waals surface area (Å²) in [7, 11) is 0. The van der Waals surface area contributed by atoms with E-state index in [4.69, 9.17) is 11.6 Å². The Morgan fingerprint density at radius 3 is 2.62 bits per heavy atom. The first kappa shape index (κ1) is 16.8. The van der Waals surface area contributed by atoms with Gasteiger partial charge in [0.2, 0.25) is 5.95 Å². The largest absolute Gasteiger partial charge is 0.368 e. The van der Waals surface area contributed by atoms with E-state index in [-0.39, 0.29) is 0 Å². The summed E-state index contributed by atoms with van der Waals surface area (Å²) in [5.74, 6) is 2.01. The molecule has 0 bridgehead atoms. The van der Waals surface area contributed by atoms with Crippen molar-refractivity contribution >= 4 is 29.1 Å². The van der Waals surface area contributed by atoms with Crippen molar-refractivity contribution in [3.05, 3.63) is 35.5 Å². The van der Waals surface area contributed by atoms with Crippen LogP contribution in [0.5, 0.6) is 0 Å². The number of aromatic nitrogens is 3. The predicted molar refractivity (Wildman–Crippen MR) is 99.0 cm³/mol. The minimum atomic E-state index is 0.540. The van der Waals surface area contributed by atoms with Crippen LogP contribution in [0.3, 0.4) is 0 Å². The third-order valence-electron chi connectivity index (χ3n) is 3.99. The molecular formula is C17H23ClN6. The van der Waals surface area contributed by atoms with Crippen LogP contribution in [0.15, 0.2) is 30.5 Å². The zero-order chi connectivity index (χ0) is 16.9. The van der Waals surface area contributed by atoms with E-state index in [9.17, 15) is 0 Å². The molecule has 24 heavy (non-hydrogen) atoms. The van der Waals surface area contributed by atoms with Crippen molar-refractivity contribution in [2.45, 2.75) is 13.8 Å². The van der Waals surface area contributed by atoms with Gasteiger partial charge in [0.25, 0.3) is 0 Å². The average molecular weight is 347 g/mol. The highest BCUT2D eigenvalue weighted by atomic mass is 35.5. The van der Waals surface area contributed by atoms with E-state index in [1.165, 1.54) is 5.69 Å². The molecule has 3 rings (SSSR count). The van der Waals surface area contributed by atoms with Gasteiger partial charge in [-0.05, 0) is 24.1 Å². The van der Waals surface area contributed by atoms with Gasteiger partial charge in [0.15, 0.2) is 5.82 Å². The monoisotopic (exact) mass is 346 g/mol. The van der Waals surface area contributed by atoms with Crippen LogP contribution in [0.25, 0.3) is 0 Å². The number of anilines is 3. The van der Waals surface area contributed by atoms with Crippen LogP contribution in [0.2, 0.25) is 5.02 Å². The Bertz CT molecular complexity index is 670. The molecule has 0 spiro atoms. The van der Waals surface area contributed by atoms with Crippen LogP contribution in [-0.2, 0) is 0 Å². The first-order valence-corrected chi connectivity index (χ1v) is 8.68. The third kappa shape index (κ3) is 4.26. The third-order valence-corrected chi connectivity index (χ3v) is 4.23. The minimum Gasteiger partial charge on any atom is -0.368 e. The molecule has 0 unspecified atom stereocenters. The number of benzene rings is 1. The van der Waals surface area contributed by atoms with E-state index in [1.807, 2.05) is 18.2 Å². The summed E-state index contributed by atoms with van der Waals surface area (Å²) in [5, 5.41) is 12.1. The lowest BCUT2D eigenvalue weighted by atomic mass is 10.2. The fourth-order valence-corrected chi connectivity index (χ4v) is 2.87. The van der Waals surface area contributed by atoms with E-state index >= 15 is 0 Å². The number of nitrogens with zero attached hydrogens (tertiary/aromatic N) is 5. The van der Waals surface area contributed by atoms with Gasteiger partial charge in [-0.1, -0.05) is 31.5 Å². The van der Waals surface area contributed by atoms with Crippen molar-refractivity contribution < 1.29 is 0 Å². The summed E-state index contributed by atoms with van der Waals surface area (Å²) in [5.41, 5.74) is 1.17. The quantitative estimate of drug-likeness (QED) is 0.898. The van der Waals surface area contributed by atoms with Crippen LogP contribution in [0.1, 0.15) is 13.8 Å². The van der Waals surface area contributed by atoms with Crippen LogP contribution in [0, 0.1) is 5.92 Å². The fraction of sp³-hybridized carbons (Fsp3) is 0.471. The SMILES string of the molecule is CC(C)CNc1nncc(N2CCN(c3cccc(Cl)c3)CC2)n1. The molecule has 0 saturated carbocycles. The Morgan fingerprint density at radius 2 is 1.92 bits per heavy atom. The smallest absolute Gasteiger partial charge is 0.244 e. The first-order chi connectivity index (χ1) is 11.6. The molecule has 1 aromatic heterocycles. The maximum Gasteiger partial charge on any atom is 0.244 e. The highest BCUT2D eigenvalue weighted by molar-refractivity contribution is 6.30. The van der Waals surface area contributed by atoms with Crippen LogP contribution >= 0.6 is 11.6 Å². The second kappa shape index (κ2) is 7.66. The van der Waals surface area contributed by atoms with Gasteiger partial charge in [0, 0.05) is 43.4 Å². The maximum absolute atomic E-state index is 6.09. The molecular weight excluding hydrogens is 324 g/mol. The number of halogens is 1. The molecule has 1 aromatic carbocycles. The van der Waals surface area contributed by atoms with Crippen molar-refractivity contribution in [1.82, 2.24) is 15.2 Å². The van der Waals surface area contributed by atoms with Gasteiger partial charge >= 0.3 is 0 Å². The molecule has 0 radical (unpaired) electrons. The summed E-state index contributed by atoms with van der Waals surface area (Å²) in [4.78, 5) is 9.17. The number of rotatable bonds is 5. The zero-order valence-electron chi connectivity index (χ0n) is 14.1. The van der Waals surface area contributed by atoms with Crippen molar-refractivity contribution in [2.75, 3.05) is 47.8 Å². The Labute approximate surface area is 147 Å². The normalized spacial score (nSPS) is 15.0. The van der Waals surface area contributed by atoms with Gasteiger partial charge in [-0.2, -0.15) is 10.1 Å². The summed E-state index contributed by atoms with van der Waals surface area (Å²) in [6.07, 6.45) is 1.73. The van der Waals surface area contributed by atoms with Crippen LogP contribution in [-0.4, -0.2) is 47.9 Å². The van der Waals surface area contributed by atoms with E-state index in [2.05, 4.69) is 50.2 Å². The summed E-state index contributed by atoms with van der Waals surface area (Å²) in [6.45, 7) is 8.80. The van der Waals surface area contributed by atoms with Gasteiger partial charge in [0.1, 0.15) is 0 Å². The molecule has 0 atom stereocenters. The van der Waals surface area contributed by atoms with Gasteiger partial charge in [-0.3, -0.25) is 0 Å². The number of nitrogens with one attached hydrogen (secondary N) is 1. The average Bonchev–Trinajstić information content (AvgIpc) is 2.60. The molecule has 1 fully saturated rings. The molecule has 2 aromatic rings. The lowest BCUT2D eigenvalue weighted by Crippen LogP contribution is -2.47. The summed E-state index contributed by atoms with van der Waals surface area (Å²) >= 11 is 6.09. The van der Waals surface area contributed by atoms with Crippen molar-refractivity contribution in [1.29, 1.82) is 0 Å². The van der Waals surface area contributed by atoms with E-state index < -0.39 is 0 Å². The van der Waals surface area contributed by atoms with E-state index in [0.29, 0.717) is 11.9 Å². The molecule has 1 aliphatic rings. The van der Waals surface area contributed by atoms with Crippen molar-refractivity contribution in [3.63, 3.8) is 0 Å². The van der Waals surface area contributed by atoms with Gasteiger partial charge in [-0.25, -0.2) is 0 Å². The second-order valence-corrected chi connectivity index (χ2v) is 6.80. The highest BCUT2D eigenvalue weighted by Crippen LogP contribution is 2.22. The predicted octanol–water partition coefficient (Wildman–Crippen LogP) is 2.92. The number of piperazine rings is 1. The topological polar surface area (TPSA) is 57.2 Å². The molecule has 0 amide bonds. The van der Waals surface area contributed by atoms with Crippen molar-refractivity contribution in [3.8, 4) is 0 Å². The van der Waals surface area contributed by atoms with Crippen LogP contribution < -0.4 is 15.1 Å². The molecule has 2 heterocycles. The molecule has 6 nitrogen and oxygen atoms in total. The van der Waals surface area contributed by atoms with Gasteiger partial charge < -0.3 is 15.1 Å². The highest BCUT2D eigenvalue weighted by Gasteiger charge is 2.19. The lowest BCUT2D eigenvalue weighted by molar-refractivity contribution is 0.643.